The van der Waals surface area contributed by atoms with Crippen molar-refractivity contribution in [3.8, 4) is 0 Å². The number of carbonyl (C=O) groups excluding carboxylic acids is 1. The van der Waals surface area contributed by atoms with Crippen LogP contribution in [0.15, 0.2) is 0 Å². The van der Waals surface area contributed by atoms with E-state index in [0.29, 0.717) is 18.5 Å². The highest BCUT2D eigenvalue weighted by atomic mass is 16.4. The van der Waals surface area contributed by atoms with Crippen molar-refractivity contribution in [3.63, 3.8) is 0 Å². The molecule has 1 saturated carbocycles. The highest BCUT2D eigenvalue weighted by Gasteiger charge is 2.40. The molecule has 90 valence electrons. The normalized spacial score (nSPS) is 35.3. The zero-order valence-corrected chi connectivity index (χ0v) is 9.48. The molecular formula is C11H18N2O3. The zero-order chi connectivity index (χ0) is 11.7. The molecule has 1 aliphatic heterocycles. The largest absolute Gasteiger partial charge is 0.481 e. The van der Waals surface area contributed by atoms with Crippen LogP contribution in [0.1, 0.15) is 26.2 Å². The molecule has 1 saturated heterocycles. The van der Waals surface area contributed by atoms with Crippen molar-refractivity contribution in [2.24, 2.45) is 5.92 Å². The lowest BCUT2D eigenvalue weighted by Gasteiger charge is -2.46. The van der Waals surface area contributed by atoms with E-state index in [4.69, 9.17) is 5.11 Å². The fourth-order valence-electron chi connectivity index (χ4n) is 2.68. The monoisotopic (exact) mass is 226 g/mol. The Hall–Kier alpha value is -1.10. The number of hydrogen-bond donors (Lipinski definition) is 2. The van der Waals surface area contributed by atoms with E-state index < -0.39 is 12.0 Å². The van der Waals surface area contributed by atoms with Crippen LogP contribution in [0.25, 0.3) is 0 Å². The quantitative estimate of drug-likeness (QED) is 0.714. The van der Waals surface area contributed by atoms with Crippen molar-refractivity contribution in [1.29, 1.82) is 0 Å². The lowest BCUT2D eigenvalue weighted by atomic mass is 9.79. The molecule has 1 atom stereocenters. The second-order valence-electron chi connectivity index (χ2n) is 4.87. The average molecular weight is 226 g/mol. The van der Waals surface area contributed by atoms with Gasteiger partial charge in [-0.3, -0.25) is 14.5 Å². The Morgan fingerprint density at radius 1 is 1.56 bits per heavy atom. The topological polar surface area (TPSA) is 69.6 Å². The Bertz CT molecular complexity index is 300. The Balaban J connectivity index is 2.01. The van der Waals surface area contributed by atoms with Crippen LogP contribution in [0.5, 0.6) is 0 Å². The van der Waals surface area contributed by atoms with Gasteiger partial charge in [-0.15, -0.1) is 0 Å². The highest BCUT2D eigenvalue weighted by Crippen LogP contribution is 2.33. The number of carboxylic acids is 1. The summed E-state index contributed by atoms with van der Waals surface area (Å²) in [5.41, 5.74) is 0. The minimum Gasteiger partial charge on any atom is -0.481 e. The van der Waals surface area contributed by atoms with Gasteiger partial charge in [0.25, 0.3) is 0 Å². The molecule has 0 radical (unpaired) electrons. The van der Waals surface area contributed by atoms with Gasteiger partial charge < -0.3 is 10.4 Å². The number of nitrogens with one attached hydrogen (secondary N) is 1. The Morgan fingerprint density at radius 3 is 2.81 bits per heavy atom. The van der Waals surface area contributed by atoms with Crippen molar-refractivity contribution in [2.75, 3.05) is 13.1 Å². The first kappa shape index (κ1) is 11.4. The van der Waals surface area contributed by atoms with Gasteiger partial charge in [0.05, 0.1) is 12.5 Å². The van der Waals surface area contributed by atoms with E-state index in [-0.39, 0.29) is 12.3 Å². The third-order valence-corrected chi connectivity index (χ3v) is 3.56. The van der Waals surface area contributed by atoms with Crippen LogP contribution in [0.3, 0.4) is 0 Å². The molecule has 1 heterocycles. The molecule has 0 spiro atoms. The van der Waals surface area contributed by atoms with Gasteiger partial charge in [0.15, 0.2) is 0 Å². The van der Waals surface area contributed by atoms with Crippen molar-refractivity contribution >= 4 is 11.9 Å². The van der Waals surface area contributed by atoms with Crippen LogP contribution in [0, 0.1) is 5.92 Å². The molecule has 0 aromatic heterocycles. The van der Waals surface area contributed by atoms with Gasteiger partial charge in [-0.1, -0.05) is 6.92 Å². The number of carbonyl (C=O) groups is 2. The molecule has 5 heteroatoms. The lowest BCUT2D eigenvalue weighted by Crippen LogP contribution is -2.61. The number of piperazine rings is 1. The van der Waals surface area contributed by atoms with Gasteiger partial charge in [0.1, 0.15) is 0 Å². The minimum absolute atomic E-state index is 0.0866. The van der Waals surface area contributed by atoms with Crippen LogP contribution in [-0.2, 0) is 9.59 Å². The number of aliphatic carboxylic acids is 1. The third-order valence-electron chi connectivity index (χ3n) is 3.56. The molecule has 0 aromatic rings. The summed E-state index contributed by atoms with van der Waals surface area (Å²) in [5, 5.41) is 11.6. The van der Waals surface area contributed by atoms with E-state index in [1.807, 2.05) is 0 Å². The van der Waals surface area contributed by atoms with Gasteiger partial charge in [-0.25, -0.2) is 0 Å². The van der Waals surface area contributed by atoms with Crippen LogP contribution in [-0.4, -0.2) is 47.1 Å². The zero-order valence-electron chi connectivity index (χ0n) is 9.48. The molecule has 1 aliphatic carbocycles. The SMILES string of the molecule is CC1CC(N2CCNC(=O)C2CC(=O)O)C1. The highest BCUT2D eigenvalue weighted by molar-refractivity contribution is 5.86. The average Bonchev–Trinajstić information content (AvgIpc) is 2.16. The summed E-state index contributed by atoms with van der Waals surface area (Å²) in [6.07, 6.45) is 2.09. The number of nitrogens with zero attached hydrogens (tertiary/aromatic N) is 1. The fourth-order valence-corrected chi connectivity index (χ4v) is 2.68. The first-order chi connectivity index (χ1) is 7.58. The van der Waals surface area contributed by atoms with Gasteiger partial charge in [0.2, 0.25) is 5.91 Å². The minimum atomic E-state index is -0.903. The van der Waals surface area contributed by atoms with Crippen LogP contribution in [0.2, 0.25) is 0 Å². The van der Waals surface area contributed by atoms with E-state index in [9.17, 15) is 9.59 Å². The standard InChI is InChI=1S/C11H18N2O3/c1-7-4-8(5-7)13-3-2-12-11(16)9(13)6-10(14)15/h7-9H,2-6H2,1H3,(H,12,16)(H,14,15). The maximum atomic E-state index is 11.7. The molecule has 2 N–H and O–H groups in total. The van der Waals surface area contributed by atoms with E-state index in [2.05, 4.69) is 17.1 Å². The fraction of sp³-hybridized carbons (Fsp3) is 0.818. The number of hydrogen-bond acceptors (Lipinski definition) is 3. The van der Waals surface area contributed by atoms with E-state index in [1.165, 1.54) is 0 Å². The second-order valence-corrected chi connectivity index (χ2v) is 4.87. The van der Waals surface area contributed by atoms with Crippen LogP contribution in [0.4, 0.5) is 0 Å². The molecule has 2 rings (SSSR count). The van der Waals surface area contributed by atoms with E-state index in [0.717, 1.165) is 19.4 Å². The maximum Gasteiger partial charge on any atom is 0.305 e. The van der Waals surface area contributed by atoms with Crippen molar-refractivity contribution < 1.29 is 14.7 Å². The van der Waals surface area contributed by atoms with E-state index in [1.54, 1.807) is 0 Å². The molecule has 5 nitrogen and oxygen atoms in total. The van der Waals surface area contributed by atoms with Crippen molar-refractivity contribution in [1.82, 2.24) is 10.2 Å². The van der Waals surface area contributed by atoms with Gasteiger partial charge in [-0.05, 0) is 18.8 Å². The van der Waals surface area contributed by atoms with Gasteiger partial charge in [-0.2, -0.15) is 0 Å². The molecule has 2 aliphatic rings. The van der Waals surface area contributed by atoms with Crippen molar-refractivity contribution in [2.45, 2.75) is 38.3 Å². The molecular weight excluding hydrogens is 208 g/mol. The summed E-state index contributed by atoms with van der Waals surface area (Å²) in [6.45, 7) is 3.60. The molecule has 1 amide bonds. The summed E-state index contributed by atoms with van der Waals surface area (Å²) in [7, 11) is 0. The summed E-state index contributed by atoms with van der Waals surface area (Å²) in [5.74, 6) is -0.326. The van der Waals surface area contributed by atoms with Crippen LogP contribution < -0.4 is 5.32 Å². The summed E-state index contributed by atoms with van der Waals surface area (Å²) < 4.78 is 0. The Morgan fingerprint density at radius 2 is 2.25 bits per heavy atom. The second kappa shape index (κ2) is 4.41. The summed E-state index contributed by atoms with van der Waals surface area (Å²) in [4.78, 5) is 24.5. The summed E-state index contributed by atoms with van der Waals surface area (Å²) in [6, 6.07) is -0.0610. The number of amides is 1. The molecule has 2 fully saturated rings. The van der Waals surface area contributed by atoms with Crippen molar-refractivity contribution in [3.05, 3.63) is 0 Å². The molecule has 16 heavy (non-hydrogen) atoms. The van der Waals surface area contributed by atoms with Gasteiger partial charge in [0, 0.05) is 19.1 Å². The Labute approximate surface area is 94.8 Å². The predicted molar refractivity (Wildman–Crippen MR) is 57.9 cm³/mol. The maximum absolute atomic E-state index is 11.7. The lowest BCUT2D eigenvalue weighted by molar-refractivity contribution is -0.145. The van der Waals surface area contributed by atoms with E-state index >= 15 is 0 Å². The first-order valence-electron chi connectivity index (χ1n) is 5.83. The van der Waals surface area contributed by atoms with Gasteiger partial charge >= 0.3 is 5.97 Å². The molecule has 0 bridgehead atoms. The summed E-state index contributed by atoms with van der Waals surface area (Å²) >= 11 is 0. The van der Waals surface area contributed by atoms with Crippen LogP contribution >= 0.6 is 0 Å². The smallest absolute Gasteiger partial charge is 0.305 e. The third kappa shape index (κ3) is 2.19. The Kier molecular flexibility index (Phi) is 3.14. The molecule has 1 unspecified atom stereocenters. The molecule has 0 aromatic carbocycles. The first-order valence-corrected chi connectivity index (χ1v) is 5.83. The predicted octanol–water partition coefficient (Wildman–Crippen LogP) is 0.0600. The number of carboxylic acid groups (broad SMARTS) is 1. The number of rotatable bonds is 3.